The molecule has 1 aliphatic heterocycles. The second-order valence-electron chi connectivity index (χ2n) is 7.69. The van der Waals surface area contributed by atoms with Crippen LogP contribution >= 0.6 is 22.9 Å². The van der Waals surface area contributed by atoms with Gasteiger partial charge in [-0.2, -0.15) is 4.31 Å². The monoisotopic (exact) mass is 496 g/mol. The summed E-state index contributed by atoms with van der Waals surface area (Å²) in [5.41, 5.74) is 3.65. The summed E-state index contributed by atoms with van der Waals surface area (Å²) in [7, 11) is -3.83. The van der Waals surface area contributed by atoms with E-state index in [2.05, 4.69) is 20.3 Å². The van der Waals surface area contributed by atoms with Crippen molar-refractivity contribution in [3.8, 4) is 0 Å². The average molecular weight is 497 g/mol. The fraction of sp³-hybridized carbons (Fsp3) is 0.136. The lowest BCUT2D eigenvalue weighted by molar-refractivity contribution is 0.389. The fourth-order valence-electron chi connectivity index (χ4n) is 4.15. The van der Waals surface area contributed by atoms with Gasteiger partial charge in [0.05, 0.1) is 17.4 Å². The van der Waals surface area contributed by atoms with E-state index >= 15 is 0 Å². The van der Waals surface area contributed by atoms with Crippen LogP contribution in [0.5, 0.6) is 0 Å². The Morgan fingerprint density at radius 2 is 2.03 bits per heavy atom. The Balaban J connectivity index is 1.31. The summed E-state index contributed by atoms with van der Waals surface area (Å²) in [6.45, 7) is 0.553. The number of halogens is 1. The number of anilines is 2. The van der Waals surface area contributed by atoms with E-state index in [1.165, 1.54) is 20.0 Å². The van der Waals surface area contributed by atoms with E-state index in [9.17, 15) is 8.42 Å². The Hall–Kier alpha value is -3.05. The Kier molecular flexibility index (Phi) is 4.84. The number of nitrogens with zero attached hydrogens (tertiary/aromatic N) is 5. The molecule has 0 unspecified atom stereocenters. The standard InChI is InChI=1S/C22H17ClN6O2S2/c23-19-21(29-9-10-32-22(29)27-19)33(30,31)28-8-6-17-15(13-28)5-7-24-20(17)26-16-11-14-3-1-2-4-18(14)25-12-16/h1-5,7,9-12H,6,8,13H2,(H,24,26). The first-order chi connectivity index (χ1) is 16.0. The van der Waals surface area contributed by atoms with Gasteiger partial charge in [0.1, 0.15) is 5.82 Å². The lowest BCUT2D eigenvalue weighted by Crippen LogP contribution is -2.37. The lowest BCUT2D eigenvalue weighted by Gasteiger charge is -2.28. The minimum Gasteiger partial charge on any atom is -0.339 e. The molecule has 6 rings (SSSR count). The molecule has 166 valence electrons. The predicted molar refractivity (Wildman–Crippen MR) is 129 cm³/mol. The first-order valence-corrected chi connectivity index (χ1v) is 12.9. The number of hydrogen-bond acceptors (Lipinski definition) is 7. The van der Waals surface area contributed by atoms with Crippen molar-refractivity contribution in [2.75, 3.05) is 11.9 Å². The van der Waals surface area contributed by atoms with Crippen LogP contribution in [0.2, 0.25) is 5.15 Å². The number of hydrogen-bond donors (Lipinski definition) is 1. The van der Waals surface area contributed by atoms with Crippen molar-refractivity contribution in [2.45, 2.75) is 18.0 Å². The molecule has 1 aromatic carbocycles. The van der Waals surface area contributed by atoms with Gasteiger partial charge in [-0.1, -0.05) is 29.8 Å². The predicted octanol–water partition coefficient (Wildman–Crippen LogP) is 4.48. The molecule has 0 atom stereocenters. The molecule has 5 heterocycles. The lowest BCUT2D eigenvalue weighted by atomic mass is 10.0. The summed E-state index contributed by atoms with van der Waals surface area (Å²) in [4.78, 5) is 13.7. The largest absolute Gasteiger partial charge is 0.339 e. The highest BCUT2D eigenvalue weighted by atomic mass is 35.5. The third-order valence-electron chi connectivity index (χ3n) is 5.73. The molecule has 0 saturated heterocycles. The molecule has 1 aliphatic rings. The van der Waals surface area contributed by atoms with E-state index < -0.39 is 10.0 Å². The van der Waals surface area contributed by atoms with Gasteiger partial charge in [0.2, 0.25) is 0 Å². The van der Waals surface area contributed by atoms with Gasteiger partial charge in [-0.05, 0) is 30.2 Å². The highest BCUT2D eigenvalue weighted by Crippen LogP contribution is 2.33. The Labute approximate surface area is 198 Å². The van der Waals surface area contributed by atoms with Gasteiger partial charge in [0.15, 0.2) is 15.1 Å². The summed E-state index contributed by atoms with van der Waals surface area (Å²) in [5, 5.41) is 6.18. The van der Waals surface area contributed by atoms with Crippen molar-refractivity contribution < 1.29 is 8.42 Å². The molecule has 0 fully saturated rings. The zero-order chi connectivity index (χ0) is 22.6. The summed E-state index contributed by atoms with van der Waals surface area (Å²) in [6, 6.07) is 11.8. The average Bonchev–Trinajstić information content (AvgIpc) is 3.38. The van der Waals surface area contributed by atoms with Crippen molar-refractivity contribution in [3.05, 3.63) is 76.6 Å². The van der Waals surface area contributed by atoms with E-state index in [0.29, 0.717) is 23.7 Å². The molecule has 0 amide bonds. The first kappa shape index (κ1) is 20.5. The number of fused-ring (bicyclic) bond motifs is 3. The van der Waals surface area contributed by atoms with Crippen LogP contribution in [0.1, 0.15) is 11.1 Å². The number of nitrogens with one attached hydrogen (secondary N) is 1. The van der Waals surface area contributed by atoms with Crippen molar-refractivity contribution in [1.82, 2.24) is 23.7 Å². The molecule has 4 aromatic heterocycles. The number of rotatable bonds is 4. The van der Waals surface area contributed by atoms with E-state index in [-0.39, 0.29) is 16.7 Å². The van der Waals surface area contributed by atoms with Crippen LogP contribution in [0, 0.1) is 0 Å². The molecule has 8 nitrogen and oxygen atoms in total. The second kappa shape index (κ2) is 7.77. The number of sulfonamides is 1. The van der Waals surface area contributed by atoms with Crippen LogP contribution in [0.15, 0.2) is 65.4 Å². The smallest absolute Gasteiger partial charge is 0.262 e. The fourth-order valence-corrected chi connectivity index (χ4v) is 6.97. The third-order valence-corrected chi connectivity index (χ3v) is 8.73. The number of benzene rings is 1. The first-order valence-electron chi connectivity index (χ1n) is 10.2. The number of pyridine rings is 2. The van der Waals surface area contributed by atoms with Crippen LogP contribution in [-0.2, 0) is 23.0 Å². The van der Waals surface area contributed by atoms with Crippen LogP contribution in [0.4, 0.5) is 11.5 Å². The SMILES string of the molecule is O=S(=O)(c1c(Cl)nc2sccn12)N1CCc2c(ccnc2Nc2cnc3ccccc3c2)C1. The Morgan fingerprint density at radius 3 is 2.94 bits per heavy atom. The minimum atomic E-state index is -3.83. The van der Waals surface area contributed by atoms with Gasteiger partial charge in [-0.3, -0.25) is 9.38 Å². The van der Waals surface area contributed by atoms with Gasteiger partial charge in [0, 0.05) is 41.8 Å². The quantitative estimate of drug-likeness (QED) is 0.394. The molecule has 33 heavy (non-hydrogen) atoms. The topological polar surface area (TPSA) is 92.5 Å². The zero-order valence-corrected chi connectivity index (χ0v) is 19.5. The zero-order valence-electron chi connectivity index (χ0n) is 17.1. The van der Waals surface area contributed by atoms with Gasteiger partial charge in [-0.15, -0.1) is 11.3 Å². The summed E-state index contributed by atoms with van der Waals surface area (Å²) in [6.07, 6.45) is 5.66. The van der Waals surface area contributed by atoms with E-state index in [1.54, 1.807) is 24.0 Å². The number of imidazole rings is 1. The third kappa shape index (κ3) is 3.46. The molecule has 5 aromatic rings. The molecule has 0 radical (unpaired) electrons. The van der Waals surface area contributed by atoms with Gasteiger partial charge in [-0.25, -0.2) is 18.4 Å². The van der Waals surface area contributed by atoms with Crippen molar-refractivity contribution in [3.63, 3.8) is 0 Å². The van der Waals surface area contributed by atoms with Crippen LogP contribution in [0.25, 0.3) is 15.9 Å². The maximum Gasteiger partial charge on any atom is 0.262 e. The molecule has 0 spiro atoms. The minimum absolute atomic E-state index is 0.00599. The highest BCUT2D eigenvalue weighted by Gasteiger charge is 2.34. The normalized spacial score (nSPS) is 14.6. The summed E-state index contributed by atoms with van der Waals surface area (Å²) >= 11 is 7.55. The van der Waals surface area contributed by atoms with E-state index in [4.69, 9.17) is 11.6 Å². The van der Waals surface area contributed by atoms with Gasteiger partial charge in [0.25, 0.3) is 10.0 Å². The van der Waals surface area contributed by atoms with Crippen LogP contribution < -0.4 is 5.32 Å². The van der Waals surface area contributed by atoms with E-state index in [1.807, 2.05) is 36.4 Å². The second-order valence-corrected chi connectivity index (χ2v) is 10.8. The molecule has 0 aliphatic carbocycles. The molecular weight excluding hydrogens is 480 g/mol. The van der Waals surface area contributed by atoms with Crippen LogP contribution in [0.3, 0.4) is 0 Å². The number of thiazole rings is 1. The maximum atomic E-state index is 13.4. The highest BCUT2D eigenvalue weighted by molar-refractivity contribution is 7.89. The molecule has 1 N–H and O–H groups in total. The van der Waals surface area contributed by atoms with Crippen molar-refractivity contribution >= 4 is 60.3 Å². The molecule has 0 bridgehead atoms. The Morgan fingerprint density at radius 1 is 1.15 bits per heavy atom. The Bertz CT molecular complexity index is 1630. The van der Waals surface area contributed by atoms with Crippen molar-refractivity contribution in [1.29, 1.82) is 0 Å². The number of para-hydroxylation sites is 1. The van der Waals surface area contributed by atoms with Gasteiger partial charge >= 0.3 is 0 Å². The van der Waals surface area contributed by atoms with Crippen molar-refractivity contribution in [2.24, 2.45) is 0 Å². The summed E-state index contributed by atoms with van der Waals surface area (Å²) < 4.78 is 29.9. The number of aromatic nitrogens is 4. The van der Waals surface area contributed by atoms with Gasteiger partial charge < -0.3 is 5.32 Å². The van der Waals surface area contributed by atoms with E-state index in [0.717, 1.165) is 27.7 Å². The summed E-state index contributed by atoms with van der Waals surface area (Å²) in [5.74, 6) is 0.712. The molecule has 0 saturated carbocycles. The van der Waals surface area contributed by atoms with Crippen LogP contribution in [-0.4, -0.2) is 38.6 Å². The maximum absolute atomic E-state index is 13.4. The molecular formula is C22H17ClN6O2S2. The molecule has 11 heteroatoms.